The van der Waals surface area contributed by atoms with Crippen molar-refractivity contribution in [2.45, 2.75) is 45.2 Å². The number of thiazole rings is 1. The number of hydrogen-bond acceptors (Lipinski definition) is 3. The van der Waals surface area contributed by atoms with Crippen LogP contribution in [0.4, 0.5) is 9.18 Å². The lowest BCUT2D eigenvalue weighted by atomic mass is 10.1. The van der Waals surface area contributed by atoms with E-state index in [4.69, 9.17) is 0 Å². The second-order valence-electron chi connectivity index (χ2n) is 6.18. The minimum atomic E-state index is -0.277. The number of benzene rings is 1. The lowest BCUT2D eigenvalue weighted by molar-refractivity contribution is 0.174. The summed E-state index contributed by atoms with van der Waals surface area (Å²) in [7, 11) is 0. The topological polar surface area (TPSA) is 45.2 Å². The van der Waals surface area contributed by atoms with Gasteiger partial charge in [0.15, 0.2) is 0 Å². The Balaban J connectivity index is 1.62. The fraction of sp³-hybridized carbons (Fsp3) is 0.444. The third-order valence-corrected chi connectivity index (χ3v) is 5.20. The van der Waals surface area contributed by atoms with Gasteiger partial charge in [0.25, 0.3) is 0 Å². The first-order valence-corrected chi connectivity index (χ1v) is 9.10. The molecule has 2 amide bonds. The summed E-state index contributed by atoms with van der Waals surface area (Å²) < 4.78 is 14.1. The summed E-state index contributed by atoms with van der Waals surface area (Å²) in [6.07, 6.45) is 4.53. The summed E-state index contributed by atoms with van der Waals surface area (Å²) in [6, 6.07) is 6.48. The molecule has 6 heteroatoms. The molecule has 24 heavy (non-hydrogen) atoms. The second kappa shape index (κ2) is 7.30. The molecule has 1 aliphatic carbocycles. The van der Waals surface area contributed by atoms with Crippen LogP contribution in [0.2, 0.25) is 0 Å². The highest BCUT2D eigenvalue weighted by Gasteiger charge is 2.36. The van der Waals surface area contributed by atoms with Gasteiger partial charge in [-0.2, -0.15) is 0 Å². The first-order valence-electron chi connectivity index (χ1n) is 8.28. The summed E-state index contributed by atoms with van der Waals surface area (Å²) in [5.74, 6) is -0.262. The highest BCUT2D eigenvalue weighted by atomic mass is 32.1. The van der Waals surface area contributed by atoms with Crippen LogP contribution in [0.5, 0.6) is 0 Å². The van der Waals surface area contributed by atoms with Gasteiger partial charge < -0.3 is 10.2 Å². The normalized spacial score (nSPS) is 15.1. The Bertz CT molecular complexity index is 714. The molecule has 1 N–H and O–H groups in total. The van der Waals surface area contributed by atoms with Crippen molar-refractivity contribution in [3.63, 3.8) is 0 Å². The molecular formula is C18H22FN3OS. The molecule has 1 aromatic carbocycles. The van der Waals surface area contributed by atoms with E-state index in [0.29, 0.717) is 12.1 Å². The van der Waals surface area contributed by atoms with E-state index in [-0.39, 0.29) is 23.9 Å². The zero-order valence-electron chi connectivity index (χ0n) is 14.0. The van der Waals surface area contributed by atoms with Crippen LogP contribution in [0.25, 0.3) is 0 Å². The fourth-order valence-electron chi connectivity index (χ4n) is 2.86. The van der Waals surface area contributed by atoms with Crippen LogP contribution >= 0.6 is 11.3 Å². The molecule has 0 saturated heterocycles. The second-order valence-corrected chi connectivity index (χ2v) is 7.50. The van der Waals surface area contributed by atoms with Gasteiger partial charge in [0.1, 0.15) is 5.82 Å². The number of hydrogen-bond donors (Lipinski definition) is 1. The van der Waals surface area contributed by atoms with Gasteiger partial charge in [0.05, 0.1) is 11.0 Å². The molecule has 0 bridgehead atoms. The molecule has 4 nitrogen and oxygen atoms in total. The number of halogens is 1. The van der Waals surface area contributed by atoms with E-state index in [0.717, 1.165) is 24.3 Å². The third-order valence-electron chi connectivity index (χ3n) is 4.23. The maximum Gasteiger partial charge on any atom is 0.318 e. The Hall–Kier alpha value is -1.95. The lowest BCUT2D eigenvalue weighted by Gasteiger charge is -2.30. The van der Waals surface area contributed by atoms with Gasteiger partial charge in [-0.05, 0) is 32.8 Å². The van der Waals surface area contributed by atoms with Crippen LogP contribution in [0.1, 0.15) is 41.3 Å². The van der Waals surface area contributed by atoms with Gasteiger partial charge in [-0.3, -0.25) is 0 Å². The van der Waals surface area contributed by atoms with Crippen molar-refractivity contribution in [2.24, 2.45) is 0 Å². The number of rotatable bonds is 6. The average Bonchev–Trinajstić information content (AvgIpc) is 3.29. The van der Waals surface area contributed by atoms with Crippen molar-refractivity contribution in [3.8, 4) is 0 Å². The van der Waals surface area contributed by atoms with Crippen LogP contribution < -0.4 is 5.32 Å². The van der Waals surface area contributed by atoms with Gasteiger partial charge >= 0.3 is 6.03 Å². The van der Waals surface area contributed by atoms with Gasteiger partial charge in [-0.25, -0.2) is 14.2 Å². The van der Waals surface area contributed by atoms with Crippen LogP contribution in [0.3, 0.4) is 0 Å². The fourth-order valence-corrected chi connectivity index (χ4v) is 3.65. The van der Waals surface area contributed by atoms with Crippen molar-refractivity contribution in [1.82, 2.24) is 15.2 Å². The summed E-state index contributed by atoms with van der Waals surface area (Å²) in [6.45, 7) is 4.45. The van der Waals surface area contributed by atoms with E-state index in [2.05, 4.69) is 10.3 Å². The molecule has 1 atom stereocenters. The van der Waals surface area contributed by atoms with Crippen LogP contribution in [0.15, 0.2) is 30.5 Å². The zero-order valence-corrected chi connectivity index (χ0v) is 14.8. The molecule has 3 rings (SSSR count). The molecule has 1 aliphatic rings. The van der Waals surface area contributed by atoms with E-state index in [9.17, 15) is 9.18 Å². The van der Waals surface area contributed by atoms with Gasteiger partial charge in [-0.1, -0.05) is 18.2 Å². The first kappa shape index (κ1) is 16.9. The van der Waals surface area contributed by atoms with E-state index in [1.165, 1.54) is 10.9 Å². The van der Waals surface area contributed by atoms with Crippen molar-refractivity contribution in [3.05, 3.63) is 51.7 Å². The van der Waals surface area contributed by atoms with Gasteiger partial charge in [-0.15, -0.1) is 11.3 Å². The zero-order chi connectivity index (χ0) is 17.1. The number of nitrogens with one attached hydrogen (secondary N) is 1. The number of carbonyl (C=O) groups is 1. The van der Waals surface area contributed by atoms with E-state index >= 15 is 0 Å². The molecule has 0 aliphatic heterocycles. The third kappa shape index (κ3) is 3.93. The standard InChI is InChI=1S/C18H22FN3OS/c1-12-11-21-17(24-12)9-10-20-18(23)22(14-7-8-14)13(2)15-5-3-4-6-16(15)19/h3-6,11,13-14H,7-10H2,1-2H3,(H,20,23)/t13-/m1/s1. The molecule has 1 saturated carbocycles. The van der Waals surface area contributed by atoms with E-state index in [1.54, 1.807) is 28.4 Å². The Labute approximate surface area is 145 Å². The lowest BCUT2D eigenvalue weighted by Crippen LogP contribution is -2.43. The number of urea groups is 1. The number of aromatic nitrogens is 1. The maximum absolute atomic E-state index is 14.1. The Morgan fingerprint density at radius 3 is 2.83 bits per heavy atom. The molecular weight excluding hydrogens is 325 g/mol. The Morgan fingerprint density at radius 1 is 1.46 bits per heavy atom. The van der Waals surface area contributed by atoms with Crippen LogP contribution in [0, 0.1) is 12.7 Å². The largest absolute Gasteiger partial charge is 0.338 e. The quantitative estimate of drug-likeness (QED) is 0.856. The first-order chi connectivity index (χ1) is 11.6. The maximum atomic E-state index is 14.1. The minimum absolute atomic E-state index is 0.124. The van der Waals surface area contributed by atoms with Gasteiger partial charge in [0.2, 0.25) is 0 Å². The SMILES string of the molecule is Cc1cnc(CCNC(=O)N(C2CC2)[C@H](C)c2ccccc2F)s1. The molecule has 1 aromatic heterocycles. The predicted octanol–water partition coefficient (Wildman–Crippen LogP) is 4.07. The van der Waals surface area contributed by atoms with Crippen molar-refractivity contribution in [2.75, 3.05) is 6.54 Å². The highest BCUT2D eigenvalue weighted by Crippen LogP contribution is 2.35. The monoisotopic (exact) mass is 347 g/mol. The summed E-state index contributed by atoms with van der Waals surface area (Å²) >= 11 is 1.65. The molecule has 0 radical (unpaired) electrons. The van der Waals surface area contributed by atoms with Gasteiger partial charge in [0, 0.05) is 35.6 Å². The van der Waals surface area contributed by atoms with Crippen molar-refractivity contribution >= 4 is 17.4 Å². The number of amides is 2. The number of aryl methyl sites for hydroxylation is 1. The molecule has 128 valence electrons. The molecule has 1 heterocycles. The Kier molecular flexibility index (Phi) is 5.14. The average molecular weight is 347 g/mol. The van der Waals surface area contributed by atoms with E-state index in [1.807, 2.05) is 26.1 Å². The predicted molar refractivity (Wildman–Crippen MR) is 93.6 cm³/mol. The number of nitrogens with zero attached hydrogens (tertiary/aromatic N) is 2. The van der Waals surface area contributed by atoms with Crippen molar-refractivity contribution < 1.29 is 9.18 Å². The molecule has 2 aromatic rings. The highest BCUT2D eigenvalue weighted by molar-refractivity contribution is 7.11. The molecule has 0 spiro atoms. The van der Waals surface area contributed by atoms with Crippen LogP contribution in [-0.2, 0) is 6.42 Å². The van der Waals surface area contributed by atoms with Crippen LogP contribution in [-0.4, -0.2) is 28.5 Å². The van der Waals surface area contributed by atoms with E-state index < -0.39 is 0 Å². The molecule has 0 unspecified atom stereocenters. The number of carbonyl (C=O) groups excluding carboxylic acids is 1. The summed E-state index contributed by atoms with van der Waals surface area (Å²) in [5, 5.41) is 3.98. The summed E-state index contributed by atoms with van der Waals surface area (Å²) in [5.41, 5.74) is 0.565. The van der Waals surface area contributed by atoms with Crippen molar-refractivity contribution in [1.29, 1.82) is 0 Å². The molecule has 1 fully saturated rings. The Morgan fingerprint density at radius 2 is 2.21 bits per heavy atom. The summed E-state index contributed by atoms with van der Waals surface area (Å²) in [4.78, 5) is 19.9. The smallest absolute Gasteiger partial charge is 0.318 e. The minimum Gasteiger partial charge on any atom is -0.338 e.